The Balaban J connectivity index is 2.80. The summed E-state index contributed by atoms with van der Waals surface area (Å²) in [6.45, 7) is 10.3. The summed E-state index contributed by atoms with van der Waals surface area (Å²) in [5, 5.41) is 3.15. The zero-order valence-electron chi connectivity index (χ0n) is 8.25. The minimum Gasteiger partial charge on any atom is -0.493 e. The SMILES string of the molecule is C=C(F)SC(=C)c1cc(C(=C)OC)on1. The highest BCUT2D eigenvalue weighted by Gasteiger charge is 2.11. The van der Waals surface area contributed by atoms with Gasteiger partial charge in [0, 0.05) is 11.0 Å². The quantitative estimate of drug-likeness (QED) is 0.722. The Labute approximate surface area is 91.3 Å². The summed E-state index contributed by atoms with van der Waals surface area (Å²) in [6, 6.07) is 1.57. The van der Waals surface area contributed by atoms with Crippen LogP contribution in [0.5, 0.6) is 0 Å². The van der Waals surface area contributed by atoms with Crippen molar-refractivity contribution in [1.82, 2.24) is 5.16 Å². The van der Waals surface area contributed by atoms with Crippen molar-refractivity contribution in [1.29, 1.82) is 0 Å². The van der Waals surface area contributed by atoms with Gasteiger partial charge < -0.3 is 9.26 Å². The van der Waals surface area contributed by atoms with E-state index in [0.717, 1.165) is 11.8 Å². The summed E-state index contributed by atoms with van der Waals surface area (Å²) in [5.74, 6) is 0.740. The van der Waals surface area contributed by atoms with E-state index in [1.807, 2.05) is 0 Å². The van der Waals surface area contributed by atoms with Gasteiger partial charge in [-0.3, -0.25) is 0 Å². The zero-order chi connectivity index (χ0) is 11.4. The lowest BCUT2D eigenvalue weighted by atomic mass is 10.3. The van der Waals surface area contributed by atoms with E-state index >= 15 is 0 Å². The molecule has 0 aliphatic rings. The van der Waals surface area contributed by atoms with Gasteiger partial charge in [0.15, 0.2) is 10.9 Å². The number of hydrogen-bond donors (Lipinski definition) is 0. The molecule has 0 spiro atoms. The van der Waals surface area contributed by atoms with Gasteiger partial charge in [0.2, 0.25) is 5.76 Å². The van der Waals surface area contributed by atoms with Crippen molar-refractivity contribution in [3.05, 3.63) is 42.4 Å². The number of methoxy groups -OCH3 is 1. The lowest BCUT2D eigenvalue weighted by Crippen LogP contribution is -1.80. The third-order valence-electron chi connectivity index (χ3n) is 1.55. The topological polar surface area (TPSA) is 35.3 Å². The molecule has 1 rings (SSSR count). The van der Waals surface area contributed by atoms with Crippen LogP contribution in [0.25, 0.3) is 10.7 Å². The van der Waals surface area contributed by atoms with Crippen LogP contribution >= 0.6 is 11.8 Å². The first-order chi connectivity index (χ1) is 7.04. The van der Waals surface area contributed by atoms with Crippen LogP contribution in [-0.4, -0.2) is 12.3 Å². The minimum atomic E-state index is -0.546. The fourth-order valence-electron chi connectivity index (χ4n) is 0.825. The number of nitrogens with zero attached hydrogens (tertiary/aromatic N) is 1. The number of aromatic nitrogens is 1. The monoisotopic (exact) mass is 227 g/mol. The van der Waals surface area contributed by atoms with Crippen molar-refractivity contribution in [3.8, 4) is 0 Å². The largest absolute Gasteiger partial charge is 0.493 e. The smallest absolute Gasteiger partial charge is 0.201 e. The second-order valence-electron chi connectivity index (χ2n) is 2.58. The summed E-state index contributed by atoms with van der Waals surface area (Å²) in [4.78, 5) is 0.418. The average molecular weight is 227 g/mol. The Morgan fingerprint density at radius 2 is 2.20 bits per heavy atom. The molecule has 80 valence electrons. The summed E-state index contributed by atoms with van der Waals surface area (Å²) in [7, 11) is 1.47. The van der Waals surface area contributed by atoms with Crippen molar-refractivity contribution < 1.29 is 13.7 Å². The first-order valence-corrected chi connectivity index (χ1v) is 4.77. The number of rotatable bonds is 5. The van der Waals surface area contributed by atoms with Gasteiger partial charge in [-0.15, -0.1) is 0 Å². The zero-order valence-corrected chi connectivity index (χ0v) is 9.07. The number of halogens is 1. The molecule has 15 heavy (non-hydrogen) atoms. The maximum absolute atomic E-state index is 12.5. The minimum absolute atomic E-state index is 0.352. The molecule has 0 aliphatic heterocycles. The molecular formula is C10H10FNO2S. The van der Waals surface area contributed by atoms with Gasteiger partial charge in [0.05, 0.1) is 7.11 Å². The fourth-order valence-corrected chi connectivity index (χ4v) is 1.29. The van der Waals surface area contributed by atoms with E-state index in [1.165, 1.54) is 7.11 Å². The predicted molar refractivity (Wildman–Crippen MR) is 59.4 cm³/mol. The molecular weight excluding hydrogens is 217 g/mol. The van der Waals surface area contributed by atoms with Gasteiger partial charge in [0.1, 0.15) is 5.69 Å². The summed E-state index contributed by atoms with van der Waals surface area (Å²) in [5.41, 5.74) is 0.437. The Hall–Kier alpha value is -1.49. The lowest BCUT2D eigenvalue weighted by molar-refractivity contribution is 0.331. The molecule has 3 nitrogen and oxygen atoms in total. The summed E-state index contributed by atoms with van der Waals surface area (Å²) in [6.07, 6.45) is 0. The fraction of sp³-hybridized carbons (Fsp3) is 0.100. The van der Waals surface area contributed by atoms with Gasteiger partial charge in [-0.05, 0) is 0 Å². The molecule has 0 unspecified atom stereocenters. The van der Waals surface area contributed by atoms with E-state index < -0.39 is 5.16 Å². The van der Waals surface area contributed by atoms with Crippen LogP contribution in [0.3, 0.4) is 0 Å². The molecule has 1 heterocycles. The number of thioether (sulfide) groups is 1. The maximum Gasteiger partial charge on any atom is 0.201 e. The molecule has 0 radical (unpaired) electrons. The lowest BCUT2D eigenvalue weighted by Gasteiger charge is -1.96. The van der Waals surface area contributed by atoms with E-state index in [4.69, 9.17) is 9.26 Å². The molecule has 1 aromatic heterocycles. The Bertz CT molecular complexity index is 411. The van der Waals surface area contributed by atoms with Crippen molar-refractivity contribution >= 4 is 22.4 Å². The number of ether oxygens (including phenoxy) is 1. The van der Waals surface area contributed by atoms with E-state index in [-0.39, 0.29) is 0 Å². The third-order valence-corrected chi connectivity index (χ3v) is 2.23. The van der Waals surface area contributed by atoms with E-state index in [0.29, 0.717) is 22.1 Å². The predicted octanol–water partition coefficient (Wildman–Crippen LogP) is 3.44. The second-order valence-corrected chi connectivity index (χ2v) is 3.72. The summed E-state index contributed by atoms with van der Waals surface area (Å²) < 4.78 is 22.2. The first-order valence-electron chi connectivity index (χ1n) is 3.96. The maximum atomic E-state index is 12.5. The molecule has 0 N–H and O–H groups in total. The molecule has 0 aromatic carbocycles. The van der Waals surface area contributed by atoms with Crippen molar-refractivity contribution in [2.24, 2.45) is 0 Å². The second kappa shape index (κ2) is 4.84. The van der Waals surface area contributed by atoms with Crippen LogP contribution in [0.4, 0.5) is 4.39 Å². The normalized spacial score (nSPS) is 9.73. The third kappa shape index (κ3) is 2.99. The highest BCUT2D eigenvalue weighted by molar-refractivity contribution is 8.11. The van der Waals surface area contributed by atoms with Crippen LogP contribution in [-0.2, 0) is 4.74 Å². The number of hydrogen-bond acceptors (Lipinski definition) is 4. The van der Waals surface area contributed by atoms with Crippen LogP contribution in [0.15, 0.2) is 35.5 Å². The van der Waals surface area contributed by atoms with E-state index in [1.54, 1.807) is 6.07 Å². The molecule has 5 heteroatoms. The first kappa shape index (κ1) is 11.6. The van der Waals surface area contributed by atoms with Gasteiger partial charge in [-0.2, -0.15) is 4.39 Å². The molecule has 0 saturated carbocycles. The molecule has 1 aromatic rings. The van der Waals surface area contributed by atoms with Gasteiger partial charge >= 0.3 is 0 Å². The van der Waals surface area contributed by atoms with Crippen LogP contribution in [0, 0.1) is 0 Å². The van der Waals surface area contributed by atoms with Crippen molar-refractivity contribution in [3.63, 3.8) is 0 Å². The molecule has 0 aliphatic carbocycles. The average Bonchev–Trinajstić information content (AvgIpc) is 2.64. The van der Waals surface area contributed by atoms with Gasteiger partial charge in [-0.1, -0.05) is 36.7 Å². The van der Waals surface area contributed by atoms with E-state index in [2.05, 4.69) is 24.9 Å². The Kier molecular flexibility index (Phi) is 3.74. The Morgan fingerprint density at radius 1 is 1.53 bits per heavy atom. The molecule has 0 amide bonds. The van der Waals surface area contributed by atoms with Gasteiger partial charge in [0.25, 0.3) is 0 Å². The standard InChI is InChI=1S/C10H10FNO2S/c1-6(13-4)10-5-9(12-14-10)7(2)15-8(3)11/h5H,1-3H2,4H3. The summed E-state index contributed by atoms with van der Waals surface area (Å²) >= 11 is 0.792. The molecule has 0 fully saturated rings. The molecule has 0 bridgehead atoms. The van der Waals surface area contributed by atoms with E-state index in [9.17, 15) is 4.39 Å². The highest BCUT2D eigenvalue weighted by atomic mass is 32.2. The highest BCUT2D eigenvalue weighted by Crippen LogP contribution is 2.31. The molecule has 0 atom stereocenters. The van der Waals surface area contributed by atoms with Crippen LogP contribution < -0.4 is 0 Å². The Morgan fingerprint density at radius 3 is 2.73 bits per heavy atom. The van der Waals surface area contributed by atoms with Crippen molar-refractivity contribution in [2.45, 2.75) is 0 Å². The van der Waals surface area contributed by atoms with Crippen LogP contribution in [0.2, 0.25) is 0 Å². The van der Waals surface area contributed by atoms with Crippen molar-refractivity contribution in [2.75, 3.05) is 7.11 Å². The molecule has 0 saturated heterocycles. The van der Waals surface area contributed by atoms with Crippen LogP contribution in [0.1, 0.15) is 11.5 Å². The van der Waals surface area contributed by atoms with Gasteiger partial charge in [-0.25, -0.2) is 0 Å².